The van der Waals surface area contributed by atoms with E-state index in [4.69, 9.17) is 5.73 Å². The van der Waals surface area contributed by atoms with E-state index in [2.05, 4.69) is 21.2 Å². The van der Waals surface area contributed by atoms with Crippen molar-refractivity contribution in [2.75, 3.05) is 12.3 Å². The predicted octanol–water partition coefficient (Wildman–Crippen LogP) is 3.21. The van der Waals surface area contributed by atoms with Gasteiger partial charge in [-0.05, 0) is 41.9 Å². The van der Waals surface area contributed by atoms with Crippen LogP contribution in [0, 0.1) is 0 Å². The van der Waals surface area contributed by atoms with Crippen molar-refractivity contribution < 1.29 is 4.79 Å². The van der Waals surface area contributed by atoms with Gasteiger partial charge in [-0.3, -0.25) is 4.79 Å². The highest BCUT2D eigenvalue weighted by Crippen LogP contribution is 2.27. The lowest BCUT2D eigenvalue weighted by molar-refractivity contribution is -0.122. The van der Waals surface area contributed by atoms with E-state index in [0.717, 1.165) is 15.1 Å². The number of nitrogens with two attached hydrogens (primary N) is 1. The monoisotopic (exact) mass is 366 g/mol. The molecule has 0 aliphatic carbocycles. The van der Waals surface area contributed by atoms with E-state index in [-0.39, 0.29) is 23.9 Å². The maximum atomic E-state index is 11.7. The fourth-order valence-electron chi connectivity index (χ4n) is 1.31. The first-order valence-corrected chi connectivity index (χ1v) is 7.61. The van der Waals surface area contributed by atoms with Crippen LogP contribution in [-0.4, -0.2) is 23.7 Å². The number of amides is 1. The number of nitrogens with one attached hydrogen (secondary N) is 1. The third-order valence-corrected chi connectivity index (χ3v) is 4.44. The van der Waals surface area contributed by atoms with Crippen molar-refractivity contribution in [2.24, 2.45) is 5.73 Å². The average Bonchev–Trinajstić information content (AvgIpc) is 2.31. The molecular formula is C13H20BrClN2OS. The summed E-state index contributed by atoms with van der Waals surface area (Å²) >= 11 is 5.16. The van der Waals surface area contributed by atoms with Gasteiger partial charge in [-0.1, -0.05) is 12.1 Å². The number of hydrogen-bond donors (Lipinski definition) is 2. The molecule has 0 heterocycles. The summed E-state index contributed by atoms with van der Waals surface area (Å²) in [6, 6.07) is 8.01. The topological polar surface area (TPSA) is 55.1 Å². The molecule has 19 heavy (non-hydrogen) atoms. The molecule has 0 unspecified atom stereocenters. The lowest BCUT2D eigenvalue weighted by Gasteiger charge is -2.24. The molecule has 3 nitrogen and oxygen atoms in total. The Hall–Kier alpha value is -0.230. The average molecular weight is 368 g/mol. The molecule has 0 saturated carbocycles. The summed E-state index contributed by atoms with van der Waals surface area (Å²) in [5, 5.41) is 2.92. The maximum Gasteiger partial charge on any atom is 0.221 e. The lowest BCUT2D eigenvalue weighted by Crippen LogP contribution is -2.48. The van der Waals surface area contributed by atoms with E-state index >= 15 is 0 Å². The number of halogens is 2. The largest absolute Gasteiger partial charge is 0.350 e. The second-order valence-corrected chi connectivity index (χ2v) is 6.66. The second-order valence-electron chi connectivity index (χ2n) is 4.67. The van der Waals surface area contributed by atoms with Crippen molar-refractivity contribution in [3.63, 3.8) is 0 Å². The zero-order valence-electron chi connectivity index (χ0n) is 11.1. The van der Waals surface area contributed by atoms with Crippen LogP contribution in [0.3, 0.4) is 0 Å². The van der Waals surface area contributed by atoms with Gasteiger partial charge in [0.25, 0.3) is 0 Å². The first-order chi connectivity index (χ1) is 8.44. The molecule has 0 saturated heterocycles. The molecule has 0 radical (unpaired) electrons. The van der Waals surface area contributed by atoms with Gasteiger partial charge in [0.05, 0.1) is 0 Å². The molecule has 1 rings (SSSR count). The van der Waals surface area contributed by atoms with Gasteiger partial charge in [-0.15, -0.1) is 24.2 Å². The van der Waals surface area contributed by atoms with Crippen molar-refractivity contribution in [3.8, 4) is 0 Å². The Labute approximate surface area is 133 Å². The molecule has 0 aromatic heterocycles. The summed E-state index contributed by atoms with van der Waals surface area (Å²) in [4.78, 5) is 12.9. The van der Waals surface area contributed by atoms with Gasteiger partial charge in [0.2, 0.25) is 5.91 Å². The molecule has 0 aliphatic heterocycles. The Bertz CT molecular complexity index is 415. The van der Waals surface area contributed by atoms with Crippen LogP contribution >= 0.6 is 40.1 Å². The molecule has 108 valence electrons. The highest BCUT2D eigenvalue weighted by molar-refractivity contribution is 9.10. The number of benzene rings is 1. The fourth-order valence-corrected chi connectivity index (χ4v) is 2.82. The number of carbonyl (C=O) groups excluding carboxylic acids is 1. The smallest absolute Gasteiger partial charge is 0.221 e. The molecule has 1 aromatic carbocycles. The number of hydrogen-bond acceptors (Lipinski definition) is 3. The number of carbonyl (C=O) groups is 1. The van der Waals surface area contributed by atoms with Crippen molar-refractivity contribution in [3.05, 3.63) is 28.7 Å². The van der Waals surface area contributed by atoms with Gasteiger partial charge < -0.3 is 11.1 Å². The van der Waals surface area contributed by atoms with Crippen molar-refractivity contribution >= 4 is 46.0 Å². The zero-order valence-corrected chi connectivity index (χ0v) is 14.3. The first-order valence-electron chi connectivity index (χ1n) is 5.83. The Morgan fingerprint density at radius 3 is 2.63 bits per heavy atom. The highest BCUT2D eigenvalue weighted by atomic mass is 79.9. The minimum absolute atomic E-state index is 0. The fraction of sp³-hybridized carbons (Fsp3) is 0.462. The van der Waals surface area contributed by atoms with Gasteiger partial charge >= 0.3 is 0 Å². The van der Waals surface area contributed by atoms with Crippen molar-refractivity contribution in [1.82, 2.24) is 5.32 Å². The molecule has 0 spiro atoms. The molecule has 0 aliphatic rings. The Kier molecular flexibility index (Phi) is 8.74. The van der Waals surface area contributed by atoms with E-state index in [0.29, 0.717) is 13.0 Å². The molecule has 1 aromatic rings. The van der Waals surface area contributed by atoms with Crippen LogP contribution in [0.15, 0.2) is 33.6 Å². The number of rotatable bonds is 6. The van der Waals surface area contributed by atoms with Crippen molar-refractivity contribution in [2.45, 2.75) is 30.7 Å². The predicted molar refractivity (Wildman–Crippen MR) is 88.0 cm³/mol. The Balaban J connectivity index is 0.00000324. The van der Waals surface area contributed by atoms with Crippen LogP contribution in [0.5, 0.6) is 0 Å². The SMILES string of the molecule is CC(C)(CN)NC(=O)CCSc1ccccc1Br.Cl. The molecule has 0 fully saturated rings. The minimum Gasteiger partial charge on any atom is -0.350 e. The lowest BCUT2D eigenvalue weighted by atomic mass is 10.1. The molecule has 0 bridgehead atoms. The summed E-state index contributed by atoms with van der Waals surface area (Å²) in [6.45, 7) is 4.29. The Morgan fingerprint density at radius 1 is 1.42 bits per heavy atom. The van der Waals surface area contributed by atoms with Gasteiger partial charge in [-0.2, -0.15) is 0 Å². The Morgan fingerprint density at radius 2 is 2.05 bits per heavy atom. The second kappa shape index (κ2) is 8.84. The zero-order chi connectivity index (χ0) is 13.6. The van der Waals surface area contributed by atoms with Crippen LogP contribution in [0.2, 0.25) is 0 Å². The molecule has 3 N–H and O–H groups in total. The molecule has 0 atom stereocenters. The van der Waals surface area contributed by atoms with Crippen LogP contribution in [-0.2, 0) is 4.79 Å². The van der Waals surface area contributed by atoms with Crippen LogP contribution in [0.1, 0.15) is 20.3 Å². The summed E-state index contributed by atoms with van der Waals surface area (Å²) < 4.78 is 1.07. The summed E-state index contributed by atoms with van der Waals surface area (Å²) in [6.07, 6.45) is 0.495. The van der Waals surface area contributed by atoms with E-state index in [1.54, 1.807) is 11.8 Å². The van der Waals surface area contributed by atoms with Gasteiger partial charge in [0.1, 0.15) is 0 Å². The number of thioether (sulfide) groups is 1. The highest BCUT2D eigenvalue weighted by Gasteiger charge is 2.17. The van der Waals surface area contributed by atoms with E-state index in [1.165, 1.54) is 0 Å². The quantitative estimate of drug-likeness (QED) is 0.759. The van der Waals surface area contributed by atoms with Gasteiger partial charge in [0, 0.05) is 33.6 Å². The third-order valence-electron chi connectivity index (χ3n) is 2.41. The van der Waals surface area contributed by atoms with Crippen LogP contribution in [0.4, 0.5) is 0 Å². The van der Waals surface area contributed by atoms with E-state index < -0.39 is 0 Å². The van der Waals surface area contributed by atoms with Gasteiger partial charge in [-0.25, -0.2) is 0 Å². The van der Waals surface area contributed by atoms with Crippen LogP contribution < -0.4 is 11.1 Å². The van der Waals surface area contributed by atoms with Crippen molar-refractivity contribution in [1.29, 1.82) is 0 Å². The summed E-state index contributed by atoms with van der Waals surface area (Å²) in [7, 11) is 0. The standard InChI is InChI=1S/C13H19BrN2OS.ClH/c1-13(2,9-15)16-12(17)7-8-18-11-6-4-3-5-10(11)14;/h3-6H,7-9,15H2,1-2H3,(H,16,17);1H. The summed E-state index contributed by atoms with van der Waals surface area (Å²) in [5.74, 6) is 0.805. The van der Waals surface area contributed by atoms with Crippen LogP contribution in [0.25, 0.3) is 0 Å². The maximum absolute atomic E-state index is 11.7. The van der Waals surface area contributed by atoms with E-state index in [1.807, 2.05) is 38.1 Å². The third kappa shape index (κ3) is 7.20. The normalized spacial score (nSPS) is 10.7. The summed E-state index contributed by atoms with van der Waals surface area (Å²) in [5.41, 5.74) is 5.24. The molecule has 1 amide bonds. The molecule has 6 heteroatoms. The van der Waals surface area contributed by atoms with Gasteiger partial charge in [0.15, 0.2) is 0 Å². The molecular weight excluding hydrogens is 348 g/mol. The first kappa shape index (κ1) is 18.8. The van der Waals surface area contributed by atoms with E-state index in [9.17, 15) is 4.79 Å². The minimum atomic E-state index is -0.324.